The number of benzene rings is 1. The Morgan fingerprint density at radius 1 is 1.33 bits per heavy atom. The zero-order chi connectivity index (χ0) is 13.3. The van der Waals surface area contributed by atoms with Crippen molar-refractivity contribution >= 4 is 0 Å². The van der Waals surface area contributed by atoms with Gasteiger partial charge >= 0.3 is 5.76 Å². The van der Waals surface area contributed by atoms with Gasteiger partial charge in [-0.25, -0.2) is 9.36 Å². The van der Waals surface area contributed by atoms with Crippen molar-refractivity contribution < 1.29 is 9.26 Å². The van der Waals surface area contributed by atoms with Crippen LogP contribution in [0.15, 0.2) is 33.6 Å². The Morgan fingerprint density at radius 2 is 2.00 bits per heavy atom. The maximum Gasteiger partial charge on any atom is 0.446 e. The molecule has 96 valence electrons. The van der Waals surface area contributed by atoms with Crippen LogP contribution in [0.2, 0.25) is 0 Å². The summed E-state index contributed by atoms with van der Waals surface area (Å²) in [6.07, 6.45) is 0. The standard InChI is InChI=1S/C12H15N3O3/c1-8(2)15-11(13)14(12(16)18-15)9-6-4-5-7-10(9)17-3/h4-8,13H,1-3H3. The van der Waals surface area contributed by atoms with E-state index in [1.807, 2.05) is 13.8 Å². The Hall–Kier alpha value is -2.24. The van der Waals surface area contributed by atoms with Gasteiger partial charge in [0.15, 0.2) is 0 Å². The molecule has 2 aromatic rings. The topological polar surface area (TPSA) is 73.2 Å². The third-order valence-corrected chi connectivity index (χ3v) is 2.57. The third-order valence-electron chi connectivity index (χ3n) is 2.57. The van der Waals surface area contributed by atoms with Crippen molar-refractivity contribution in [3.8, 4) is 11.4 Å². The Balaban J connectivity index is 2.73. The summed E-state index contributed by atoms with van der Waals surface area (Å²) in [5.74, 6) is -0.0805. The van der Waals surface area contributed by atoms with E-state index < -0.39 is 5.76 Å². The molecule has 0 atom stereocenters. The average molecular weight is 249 g/mol. The van der Waals surface area contributed by atoms with Crippen molar-refractivity contribution in [2.24, 2.45) is 0 Å². The lowest BCUT2D eigenvalue weighted by Gasteiger charge is -2.07. The van der Waals surface area contributed by atoms with Crippen molar-refractivity contribution in [2.75, 3.05) is 7.11 Å². The van der Waals surface area contributed by atoms with Crippen molar-refractivity contribution in [1.82, 2.24) is 9.31 Å². The molecule has 6 heteroatoms. The molecule has 0 bridgehead atoms. The van der Waals surface area contributed by atoms with Gasteiger partial charge in [-0.2, -0.15) is 4.74 Å². The third kappa shape index (κ3) is 1.85. The highest BCUT2D eigenvalue weighted by Crippen LogP contribution is 2.19. The van der Waals surface area contributed by atoms with Gasteiger partial charge in [0.1, 0.15) is 5.75 Å². The van der Waals surface area contributed by atoms with Gasteiger partial charge in [0.05, 0.1) is 18.8 Å². The Kier molecular flexibility index (Phi) is 3.10. The zero-order valence-electron chi connectivity index (χ0n) is 10.5. The number of para-hydroxylation sites is 2. The fourth-order valence-electron chi connectivity index (χ4n) is 1.73. The van der Waals surface area contributed by atoms with E-state index in [4.69, 9.17) is 14.7 Å². The lowest BCUT2D eigenvalue weighted by Crippen LogP contribution is -2.28. The quantitative estimate of drug-likeness (QED) is 0.891. The number of aromatic nitrogens is 2. The molecule has 1 aromatic heterocycles. The summed E-state index contributed by atoms with van der Waals surface area (Å²) < 4.78 is 12.7. The second-order valence-electron chi connectivity index (χ2n) is 4.11. The molecule has 0 spiro atoms. The van der Waals surface area contributed by atoms with Crippen molar-refractivity contribution in [3.63, 3.8) is 0 Å². The Bertz CT molecular complexity index is 664. The average Bonchev–Trinajstić information content (AvgIpc) is 2.65. The molecule has 0 aliphatic heterocycles. The molecule has 2 rings (SSSR count). The van der Waals surface area contributed by atoms with E-state index in [-0.39, 0.29) is 11.7 Å². The van der Waals surface area contributed by atoms with E-state index in [0.717, 1.165) is 0 Å². The van der Waals surface area contributed by atoms with Gasteiger partial charge in [0.2, 0.25) is 5.62 Å². The Labute approximate surface area is 104 Å². The molecule has 0 aliphatic carbocycles. The van der Waals surface area contributed by atoms with Crippen LogP contribution < -0.4 is 16.1 Å². The van der Waals surface area contributed by atoms with E-state index in [1.165, 1.54) is 16.4 Å². The second-order valence-corrected chi connectivity index (χ2v) is 4.11. The molecule has 0 radical (unpaired) electrons. The van der Waals surface area contributed by atoms with Crippen molar-refractivity contribution in [1.29, 1.82) is 5.41 Å². The van der Waals surface area contributed by atoms with Crippen LogP contribution in [-0.4, -0.2) is 16.4 Å². The molecule has 6 nitrogen and oxygen atoms in total. The second kappa shape index (κ2) is 4.56. The Morgan fingerprint density at radius 3 is 2.56 bits per heavy atom. The van der Waals surface area contributed by atoms with Crippen LogP contribution in [0, 0.1) is 5.41 Å². The summed E-state index contributed by atoms with van der Waals surface area (Å²) in [6.45, 7) is 3.68. The highest BCUT2D eigenvalue weighted by molar-refractivity contribution is 5.45. The summed E-state index contributed by atoms with van der Waals surface area (Å²) in [6, 6.07) is 6.91. The number of rotatable bonds is 3. The fraction of sp³-hybridized carbons (Fsp3) is 0.333. The van der Waals surface area contributed by atoms with Crippen LogP contribution >= 0.6 is 0 Å². The van der Waals surface area contributed by atoms with Crippen LogP contribution in [0.4, 0.5) is 0 Å². The summed E-state index contributed by atoms with van der Waals surface area (Å²) in [7, 11) is 1.52. The fourth-order valence-corrected chi connectivity index (χ4v) is 1.73. The summed E-state index contributed by atoms with van der Waals surface area (Å²) in [4.78, 5) is 11.8. The number of hydrogen-bond donors (Lipinski definition) is 1. The lowest BCUT2D eigenvalue weighted by molar-refractivity contribution is 0.212. The summed E-state index contributed by atoms with van der Waals surface area (Å²) >= 11 is 0. The van der Waals surface area contributed by atoms with E-state index in [9.17, 15) is 4.79 Å². The van der Waals surface area contributed by atoms with E-state index in [0.29, 0.717) is 11.4 Å². The predicted octanol–water partition coefficient (Wildman–Crippen LogP) is 1.30. The van der Waals surface area contributed by atoms with E-state index in [1.54, 1.807) is 24.3 Å². The maximum atomic E-state index is 11.8. The summed E-state index contributed by atoms with van der Waals surface area (Å²) in [5, 5.41) is 7.98. The number of nitrogens with one attached hydrogen (secondary N) is 1. The van der Waals surface area contributed by atoms with Crippen LogP contribution in [0.25, 0.3) is 5.69 Å². The number of methoxy groups -OCH3 is 1. The molecule has 0 amide bonds. The highest BCUT2D eigenvalue weighted by Gasteiger charge is 2.15. The largest absolute Gasteiger partial charge is 0.495 e. The molecular weight excluding hydrogens is 234 g/mol. The van der Waals surface area contributed by atoms with Gasteiger partial charge in [-0.1, -0.05) is 12.1 Å². The molecule has 0 aliphatic rings. The first-order valence-electron chi connectivity index (χ1n) is 5.59. The van der Waals surface area contributed by atoms with E-state index >= 15 is 0 Å². The van der Waals surface area contributed by atoms with E-state index in [2.05, 4.69) is 0 Å². The van der Waals surface area contributed by atoms with Crippen LogP contribution in [0.5, 0.6) is 5.75 Å². The molecule has 0 saturated carbocycles. The SMILES string of the molecule is COc1ccccc1-n1c(=O)on(C(C)C)c1=N. The maximum absolute atomic E-state index is 11.8. The minimum Gasteiger partial charge on any atom is -0.495 e. The zero-order valence-corrected chi connectivity index (χ0v) is 10.5. The normalized spacial score (nSPS) is 10.9. The first-order valence-corrected chi connectivity index (χ1v) is 5.59. The minimum absolute atomic E-state index is 0.0144. The molecule has 18 heavy (non-hydrogen) atoms. The lowest BCUT2D eigenvalue weighted by atomic mass is 10.3. The molecule has 0 fully saturated rings. The van der Waals surface area contributed by atoms with Crippen LogP contribution in [0.1, 0.15) is 19.9 Å². The van der Waals surface area contributed by atoms with Gasteiger partial charge < -0.3 is 9.26 Å². The number of hydrogen-bond acceptors (Lipinski definition) is 4. The smallest absolute Gasteiger partial charge is 0.446 e. The molecule has 1 N–H and O–H groups in total. The molecule has 0 saturated heterocycles. The number of nitrogens with zero attached hydrogens (tertiary/aromatic N) is 2. The minimum atomic E-state index is -0.599. The van der Waals surface area contributed by atoms with Gasteiger partial charge in [0, 0.05) is 0 Å². The first-order chi connectivity index (χ1) is 8.56. The molecule has 1 heterocycles. The molecule has 1 aromatic carbocycles. The van der Waals surface area contributed by atoms with Crippen molar-refractivity contribution in [2.45, 2.75) is 19.9 Å². The van der Waals surface area contributed by atoms with Crippen LogP contribution in [0.3, 0.4) is 0 Å². The first kappa shape index (κ1) is 12.2. The molecular formula is C12H15N3O3. The highest BCUT2D eigenvalue weighted by atomic mass is 16.5. The predicted molar refractivity (Wildman–Crippen MR) is 65.1 cm³/mol. The molecule has 0 unspecified atom stereocenters. The van der Waals surface area contributed by atoms with Crippen LogP contribution in [-0.2, 0) is 0 Å². The van der Waals surface area contributed by atoms with Gasteiger partial charge in [-0.05, 0) is 26.0 Å². The monoisotopic (exact) mass is 249 g/mol. The van der Waals surface area contributed by atoms with Crippen molar-refractivity contribution in [3.05, 3.63) is 40.4 Å². The van der Waals surface area contributed by atoms with Gasteiger partial charge in [-0.3, -0.25) is 5.41 Å². The number of ether oxygens (including phenoxy) is 1. The summed E-state index contributed by atoms with van der Waals surface area (Å²) in [5.41, 5.74) is 0.484. The van der Waals surface area contributed by atoms with Gasteiger partial charge in [-0.15, -0.1) is 0 Å². The van der Waals surface area contributed by atoms with Gasteiger partial charge in [0.25, 0.3) is 0 Å².